The summed E-state index contributed by atoms with van der Waals surface area (Å²) in [5.74, 6) is 1.46. The molecule has 1 atom stereocenters. The van der Waals surface area contributed by atoms with Crippen molar-refractivity contribution in [1.29, 1.82) is 5.41 Å². The second-order valence-electron chi connectivity index (χ2n) is 6.79. The van der Waals surface area contributed by atoms with Gasteiger partial charge in [-0.15, -0.1) is 0 Å². The van der Waals surface area contributed by atoms with E-state index in [-0.39, 0.29) is 0 Å². The number of ether oxygens (including phenoxy) is 1. The van der Waals surface area contributed by atoms with E-state index in [1.807, 2.05) is 18.3 Å². The number of rotatable bonds is 5. The molecule has 134 valence electrons. The lowest BCUT2D eigenvalue weighted by molar-refractivity contribution is 0.122. The number of benzene rings is 1. The van der Waals surface area contributed by atoms with Crippen LogP contribution >= 0.6 is 0 Å². The molecule has 3 rings (SSSR count). The van der Waals surface area contributed by atoms with E-state index in [0.29, 0.717) is 23.6 Å². The summed E-state index contributed by atoms with van der Waals surface area (Å²) in [4.78, 5) is 6.68. The van der Waals surface area contributed by atoms with E-state index in [1.54, 1.807) is 6.20 Å². The van der Waals surface area contributed by atoms with E-state index in [0.717, 1.165) is 32.0 Å². The molecule has 0 aliphatic carbocycles. The van der Waals surface area contributed by atoms with Crippen molar-refractivity contribution in [3.8, 4) is 0 Å². The van der Waals surface area contributed by atoms with Gasteiger partial charge < -0.3 is 19.5 Å². The third-order valence-corrected chi connectivity index (χ3v) is 4.81. The van der Waals surface area contributed by atoms with Crippen molar-refractivity contribution < 1.29 is 4.74 Å². The van der Waals surface area contributed by atoms with Gasteiger partial charge in [-0.3, -0.25) is 5.41 Å². The highest BCUT2D eigenvalue weighted by Crippen LogP contribution is 2.21. The molecule has 1 aromatic carbocycles. The first-order valence-corrected chi connectivity index (χ1v) is 8.88. The topological polar surface area (TPSA) is 66.2 Å². The van der Waals surface area contributed by atoms with Crippen molar-refractivity contribution in [2.75, 3.05) is 36.5 Å². The molecule has 0 radical (unpaired) electrons. The number of imidazole rings is 1. The van der Waals surface area contributed by atoms with Crippen LogP contribution in [-0.2, 0) is 4.74 Å². The highest BCUT2D eigenvalue weighted by atomic mass is 16.5. The minimum Gasteiger partial charge on any atom is -0.378 e. The lowest BCUT2D eigenvalue weighted by atomic mass is 10.1. The maximum absolute atomic E-state index is 8.39. The molecule has 1 aromatic heterocycles. The van der Waals surface area contributed by atoms with Crippen LogP contribution in [-0.4, -0.2) is 41.7 Å². The zero-order chi connectivity index (χ0) is 17.8. The molecule has 1 fully saturated rings. The zero-order valence-electron chi connectivity index (χ0n) is 15.2. The largest absolute Gasteiger partial charge is 0.378 e. The fraction of sp³-hybridized carbons (Fsp3) is 0.474. The molecule has 6 nitrogen and oxygen atoms in total. The SMILES string of the molecule is CC(C)[C@H](C)n1ccnc1C(=N)Nc1ccc(N2CCOCC2)cc1. The van der Waals surface area contributed by atoms with E-state index in [4.69, 9.17) is 10.1 Å². The Hall–Kier alpha value is -2.34. The molecule has 6 heteroatoms. The average molecular weight is 341 g/mol. The zero-order valence-corrected chi connectivity index (χ0v) is 15.2. The Morgan fingerprint density at radius 2 is 1.84 bits per heavy atom. The molecule has 0 saturated carbocycles. The highest BCUT2D eigenvalue weighted by Gasteiger charge is 2.17. The van der Waals surface area contributed by atoms with E-state index >= 15 is 0 Å². The average Bonchev–Trinajstić information content (AvgIpc) is 3.12. The van der Waals surface area contributed by atoms with Gasteiger partial charge in [0, 0.05) is 42.9 Å². The predicted molar refractivity (Wildman–Crippen MR) is 102 cm³/mol. The minimum atomic E-state index is 0.295. The lowest BCUT2D eigenvalue weighted by Crippen LogP contribution is -2.36. The van der Waals surface area contributed by atoms with Gasteiger partial charge in [-0.25, -0.2) is 4.98 Å². The Morgan fingerprint density at radius 3 is 2.48 bits per heavy atom. The monoisotopic (exact) mass is 341 g/mol. The first-order chi connectivity index (χ1) is 12.1. The number of nitrogens with zero attached hydrogens (tertiary/aromatic N) is 3. The van der Waals surface area contributed by atoms with Gasteiger partial charge in [-0.2, -0.15) is 0 Å². The van der Waals surface area contributed by atoms with Gasteiger partial charge in [-0.1, -0.05) is 13.8 Å². The summed E-state index contributed by atoms with van der Waals surface area (Å²) in [6.07, 6.45) is 3.70. The normalized spacial score (nSPS) is 16.1. The first kappa shape index (κ1) is 17.5. The van der Waals surface area contributed by atoms with Crippen molar-refractivity contribution in [3.05, 3.63) is 42.5 Å². The fourth-order valence-corrected chi connectivity index (χ4v) is 2.93. The molecule has 25 heavy (non-hydrogen) atoms. The molecule has 0 amide bonds. The van der Waals surface area contributed by atoms with E-state index in [9.17, 15) is 0 Å². The number of aromatic nitrogens is 2. The number of nitrogens with one attached hydrogen (secondary N) is 2. The highest BCUT2D eigenvalue weighted by molar-refractivity contribution is 6.03. The van der Waals surface area contributed by atoms with Crippen LogP contribution in [0.4, 0.5) is 11.4 Å². The number of morpholine rings is 1. The van der Waals surface area contributed by atoms with Crippen LogP contribution in [0.3, 0.4) is 0 Å². The molecule has 1 aliphatic rings. The van der Waals surface area contributed by atoms with Crippen molar-refractivity contribution in [2.45, 2.75) is 26.8 Å². The van der Waals surface area contributed by atoms with Crippen LogP contribution in [0.25, 0.3) is 0 Å². The molecule has 1 aliphatic heterocycles. The van der Waals surface area contributed by atoms with Crippen molar-refractivity contribution in [1.82, 2.24) is 9.55 Å². The molecule has 1 saturated heterocycles. The Balaban J connectivity index is 1.68. The predicted octanol–water partition coefficient (Wildman–Crippen LogP) is 3.37. The molecule has 0 unspecified atom stereocenters. The molecule has 0 spiro atoms. The summed E-state index contributed by atoms with van der Waals surface area (Å²) in [5.41, 5.74) is 2.09. The van der Waals surface area contributed by atoms with Crippen LogP contribution in [0, 0.1) is 11.3 Å². The van der Waals surface area contributed by atoms with Gasteiger partial charge in [0.25, 0.3) is 0 Å². The second-order valence-corrected chi connectivity index (χ2v) is 6.79. The van der Waals surface area contributed by atoms with Crippen LogP contribution in [0.15, 0.2) is 36.7 Å². The summed E-state index contributed by atoms with van der Waals surface area (Å²) in [6, 6.07) is 8.49. The number of anilines is 2. The van der Waals surface area contributed by atoms with Crippen LogP contribution in [0.5, 0.6) is 0 Å². The van der Waals surface area contributed by atoms with Crippen molar-refractivity contribution >= 4 is 17.2 Å². The van der Waals surface area contributed by atoms with Crippen molar-refractivity contribution in [2.24, 2.45) is 5.92 Å². The summed E-state index contributed by atoms with van der Waals surface area (Å²) < 4.78 is 7.45. The minimum absolute atomic E-state index is 0.295. The van der Waals surface area contributed by atoms with Gasteiger partial charge in [0.1, 0.15) is 0 Å². The van der Waals surface area contributed by atoms with E-state index in [2.05, 4.69) is 52.7 Å². The Bertz CT molecular complexity index is 701. The Morgan fingerprint density at radius 1 is 1.16 bits per heavy atom. The van der Waals surface area contributed by atoms with Crippen LogP contribution < -0.4 is 10.2 Å². The summed E-state index contributed by atoms with van der Waals surface area (Å²) in [5, 5.41) is 11.6. The molecular formula is C19H27N5O. The fourth-order valence-electron chi connectivity index (χ4n) is 2.93. The molecule has 2 N–H and O–H groups in total. The third-order valence-electron chi connectivity index (χ3n) is 4.81. The van der Waals surface area contributed by atoms with Gasteiger partial charge in [0.15, 0.2) is 11.7 Å². The second kappa shape index (κ2) is 7.70. The number of hydrogen-bond donors (Lipinski definition) is 2. The number of hydrogen-bond acceptors (Lipinski definition) is 4. The Labute approximate surface area is 149 Å². The summed E-state index contributed by atoms with van der Waals surface area (Å²) >= 11 is 0. The van der Waals surface area contributed by atoms with Gasteiger partial charge in [-0.05, 0) is 37.1 Å². The van der Waals surface area contributed by atoms with Crippen molar-refractivity contribution in [3.63, 3.8) is 0 Å². The molecular weight excluding hydrogens is 314 g/mol. The van der Waals surface area contributed by atoms with Gasteiger partial charge in [0.05, 0.1) is 13.2 Å². The van der Waals surface area contributed by atoms with E-state index in [1.165, 1.54) is 5.69 Å². The van der Waals surface area contributed by atoms with Gasteiger partial charge >= 0.3 is 0 Å². The molecule has 2 heterocycles. The maximum Gasteiger partial charge on any atom is 0.175 e. The quantitative estimate of drug-likeness (QED) is 0.646. The smallest absolute Gasteiger partial charge is 0.175 e. The summed E-state index contributed by atoms with van der Waals surface area (Å²) in [7, 11) is 0. The third kappa shape index (κ3) is 4.02. The lowest BCUT2D eigenvalue weighted by Gasteiger charge is -2.29. The standard InChI is InChI=1S/C19H27N5O/c1-14(2)15(3)24-9-8-21-19(24)18(20)22-16-4-6-17(7-5-16)23-10-12-25-13-11-23/h4-9,14-15H,10-13H2,1-3H3,(H2,20,22)/t15-/m0/s1. The molecule has 0 bridgehead atoms. The van der Waals surface area contributed by atoms with Crippen LogP contribution in [0.2, 0.25) is 0 Å². The molecule has 2 aromatic rings. The van der Waals surface area contributed by atoms with Gasteiger partial charge in [0.2, 0.25) is 0 Å². The summed E-state index contributed by atoms with van der Waals surface area (Å²) in [6.45, 7) is 9.91. The maximum atomic E-state index is 8.39. The number of amidine groups is 1. The van der Waals surface area contributed by atoms with Crippen LogP contribution in [0.1, 0.15) is 32.6 Å². The van der Waals surface area contributed by atoms with E-state index < -0.39 is 0 Å². The first-order valence-electron chi connectivity index (χ1n) is 8.88. The Kier molecular flexibility index (Phi) is 5.38.